The molecule has 1 amide bonds. The maximum atomic E-state index is 12.8. The fourth-order valence-electron chi connectivity index (χ4n) is 3.79. The average Bonchev–Trinajstić information content (AvgIpc) is 3.36. The fraction of sp³-hybridized carbons (Fsp3) is 0.143. The number of hydrogen-bond donors (Lipinski definition) is 1. The number of carbonyl (C=O) groups excluding carboxylic acids is 2. The highest BCUT2D eigenvalue weighted by Gasteiger charge is 2.36. The fourth-order valence-corrected chi connectivity index (χ4v) is 4.67. The molecule has 10 heteroatoms. The largest absolute Gasteiger partial charge is 0.493 e. The second-order valence-corrected chi connectivity index (χ2v) is 9.70. The van der Waals surface area contributed by atoms with Crippen LogP contribution in [0.3, 0.4) is 0 Å². The van der Waals surface area contributed by atoms with Crippen LogP contribution in [0, 0.1) is 5.41 Å². The normalized spacial score (nSPS) is 15.9. The van der Waals surface area contributed by atoms with Gasteiger partial charge in [0.2, 0.25) is 5.17 Å². The first kappa shape index (κ1) is 25.1. The molecule has 2 aromatic carbocycles. The molecule has 2 aliphatic heterocycles. The van der Waals surface area contributed by atoms with E-state index < -0.39 is 11.9 Å². The van der Waals surface area contributed by atoms with Crippen LogP contribution in [-0.2, 0) is 4.79 Å². The number of esters is 1. The predicted molar refractivity (Wildman–Crippen MR) is 147 cm³/mol. The first-order valence-electron chi connectivity index (χ1n) is 11.7. The highest BCUT2D eigenvalue weighted by atomic mass is 32.2. The lowest BCUT2D eigenvalue weighted by molar-refractivity contribution is -0.114. The van der Waals surface area contributed by atoms with Crippen LogP contribution in [0.25, 0.3) is 6.08 Å². The Morgan fingerprint density at radius 2 is 1.89 bits per heavy atom. The van der Waals surface area contributed by atoms with E-state index in [0.717, 1.165) is 11.1 Å². The number of nitrogens with zero attached hydrogens (tertiary/aromatic N) is 4. The Morgan fingerprint density at radius 1 is 1.11 bits per heavy atom. The van der Waals surface area contributed by atoms with Crippen molar-refractivity contribution in [1.82, 2.24) is 9.99 Å². The monoisotopic (exact) mass is 525 g/mol. The smallest absolute Gasteiger partial charge is 0.343 e. The van der Waals surface area contributed by atoms with Gasteiger partial charge in [-0.25, -0.2) is 4.79 Å². The molecule has 0 unspecified atom stereocenters. The van der Waals surface area contributed by atoms with Gasteiger partial charge in [0.25, 0.3) is 5.91 Å². The van der Waals surface area contributed by atoms with Crippen molar-refractivity contribution in [1.29, 1.82) is 5.41 Å². The van der Waals surface area contributed by atoms with Crippen LogP contribution in [-0.4, -0.2) is 45.0 Å². The number of amidine groups is 2. The number of ether oxygens (including phenoxy) is 2. The van der Waals surface area contributed by atoms with Gasteiger partial charge in [-0.3, -0.25) is 15.2 Å². The van der Waals surface area contributed by atoms with Crippen molar-refractivity contribution in [2.45, 2.75) is 19.8 Å². The summed E-state index contributed by atoms with van der Waals surface area (Å²) >= 11 is 1.21. The van der Waals surface area contributed by atoms with Crippen molar-refractivity contribution in [2.75, 3.05) is 7.11 Å². The Kier molecular flexibility index (Phi) is 6.89. The number of carbonyl (C=O) groups is 2. The summed E-state index contributed by atoms with van der Waals surface area (Å²) in [4.78, 5) is 33.7. The van der Waals surface area contributed by atoms with Crippen LogP contribution in [0.2, 0.25) is 0 Å². The Labute approximate surface area is 223 Å². The van der Waals surface area contributed by atoms with Gasteiger partial charge in [-0.2, -0.15) is 15.1 Å². The first-order chi connectivity index (χ1) is 18.3. The van der Waals surface area contributed by atoms with Crippen LogP contribution in [0.5, 0.6) is 11.5 Å². The summed E-state index contributed by atoms with van der Waals surface area (Å²) in [7, 11) is 1.46. The van der Waals surface area contributed by atoms with E-state index in [1.807, 2.05) is 18.2 Å². The Balaban J connectivity index is 1.37. The summed E-state index contributed by atoms with van der Waals surface area (Å²) in [5, 5.41) is 15.3. The van der Waals surface area contributed by atoms with Crippen LogP contribution in [0.4, 0.5) is 0 Å². The van der Waals surface area contributed by atoms with E-state index in [4.69, 9.17) is 14.9 Å². The van der Waals surface area contributed by atoms with E-state index in [1.165, 1.54) is 30.0 Å². The zero-order valence-corrected chi connectivity index (χ0v) is 21.7. The van der Waals surface area contributed by atoms with Crippen molar-refractivity contribution in [3.05, 3.63) is 94.8 Å². The lowest BCUT2D eigenvalue weighted by atomic mass is 10.0. The zero-order chi connectivity index (χ0) is 26.8. The van der Waals surface area contributed by atoms with E-state index in [-0.39, 0.29) is 17.2 Å². The molecule has 0 bridgehead atoms. The summed E-state index contributed by atoms with van der Waals surface area (Å²) in [6, 6.07) is 15.8. The SMILES string of the molecule is COc1cc(C=C2C(=N)N3N=C(c4cccnc4)SC3=NC2=O)ccc1OC(=O)c1ccc(C(C)C)cc1. The predicted octanol–water partition coefficient (Wildman–Crippen LogP) is 5.10. The van der Waals surface area contributed by atoms with Crippen LogP contribution in [0.15, 0.2) is 82.7 Å². The maximum absolute atomic E-state index is 12.8. The number of nitrogens with one attached hydrogen (secondary N) is 1. The molecule has 5 rings (SSSR count). The highest BCUT2D eigenvalue weighted by molar-refractivity contribution is 8.27. The van der Waals surface area contributed by atoms with E-state index in [1.54, 1.807) is 48.8 Å². The van der Waals surface area contributed by atoms with E-state index >= 15 is 0 Å². The number of aromatic nitrogens is 1. The second kappa shape index (κ2) is 10.4. The van der Waals surface area contributed by atoms with Crippen LogP contribution < -0.4 is 9.47 Å². The molecule has 1 aromatic heterocycles. The van der Waals surface area contributed by atoms with Gasteiger partial charge in [0.15, 0.2) is 17.3 Å². The van der Waals surface area contributed by atoms with Gasteiger partial charge in [0.1, 0.15) is 5.04 Å². The molecule has 0 spiro atoms. The third kappa shape index (κ3) is 4.98. The number of thioether (sulfide) groups is 1. The number of pyridine rings is 1. The zero-order valence-electron chi connectivity index (χ0n) is 20.8. The molecule has 2 aliphatic rings. The van der Waals surface area contributed by atoms with Crippen molar-refractivity contribution in [3.63, 3.8) is 0 Å². The Bertz CT molecular complexity index is 1530. The molecule has 3 heterocycles. The lowest BCUT2D eigenvalue weighted by Crippen LogP contribution is -2.35. The molecule has 0 saturated heterocycles. The molecule has 9 nitrogen and oxygen atoms in total. The molecule has 0 aliphatic carbocycles. The van der Waals surface area contributed by atoms with Crippen LogP contribution in [0.1, 0.15) is 46.8 Å². The minimum atomic E-state index is -0.546. The van der Waals surface area contributed by atoms with Crippen molar-refractivity contribution < 1.29 is 19.1 Å². The van der Waals surface area contributed by atoms with Crippen molar-refractivity contribution >= 4 is 45.8 Å². The van der Waals surface area contributed by atoms with Gasteiger partial charge >= 0.3 is 5.97 Å². The Hall–Kier alpha value is -4.57. The number of hydrogen-bond acceptors (Lipinski definition) is 8. The third-order valence-electron chi connectivity index (χ3n) is 5.88. The number of methoxy groups -OCH3 is 1. The summed E-state index contributed by atoms with van der Waals surface area (Å²) < 4.78 is 11.0. The van der Waals surface area contributed by atoms with Gasteiger partial charge in [-0.15, -0.1) is 0 Å². The lowest BCUT2D eigenvalue weighted by Gasteiger charge is -2.20. The molecular weight excluding hydrogens is 502 g/mol. The van der Waals surface area contributed by atoms with Gasteiger partial charge in [0.05, 0.1) is 18.2 Å². The maximum Gasteiger partial charge on any atom is 0.343 e. The molecule has 3 aromatic rings. The van der Waals surface area contributed by atoms with Gasteiger partial charge in [-0.05, 0) is 71.3 Å². The summed E-state index contributed by atoms with van der Waals surface area (Å²) in [5.74, 6) is -0.249. The van der Waals surface area contributed by atoms with Crippen molar-refractivity contribution in [3.8, 4) is 11.5 Å². The quantitative estimate of drug-likeness (QED) is 0.270. The van der Waals surface area contributed by atoms with Gasteiger partial charge in [-0.1, -0.05) is 32.0 Å². The molecule has 0 atom stereocenters. The first-order valence-corrected chi connectivity index (χ1v) is 12.6. The molecule has 190 valence electrons. The van der Waals surface area contributed by atoms with Crippen LogP contribution >= 0.6 is 11.8 Å². The molecule has 0 saturated carbocycles. The number of rotatable bonds is 6. The summed E-state index contributed by atoms with van der Waals surface area (Å²) in [6.07, 6.45) is 4.85. The van der Waals surface area contributed by atoms with Crippen molar-refractivity contribution in [2.24, 2.45) is 10.1 Å². The standard InChI is InChI=1S/C28H23N5O4S/c1-16(2)18-7-9-19(10-8-18)27(35)37-22-11-6-17(14-23(22)36-3)13-21-24(29)33-28(31-25(21)34)38-26(32-33)20-5-4-12-30-15-20/h4-16,29H,1-3H3. The topological polar surface area (TPSA) is 117 Å². The average molecular weight is 526 g/mol. The van der Waals surface area contributed by atoms with E-state index in [2.05, 4.69) is 28.9 Å². The molecule has 0 radical (unpaired) electrons. The third-order valence-corrected chi connectivity index (χ3v) is 6.83. The molecule has 1 N–H and O–H groups in total. The van der Waals surface area contributed by atoms with E-state index in [0.29, 0.717) is 33.0 Å². The van der Waals surface area contributed by atoms with E-state index in [9.17, 15) is 9.59 Å². The second-order valence-electron chi connectivity index (χ2n) is 8.74. The molecular formula is C28H23N5O4S. The van der Waals surface area contributed by atoms with Gasteiger partial charge < -0.3 is 9.47 Å². The highest BCUT2D eigenvalue weighted by Crippen LogP contribution is 2.33. The number of benzene rings is 2. The number of amides is 1. The summed E-state index contributed by atoms with van der Waals surface area (Å²) in [6.45, 7) is 4.17. The number of aliphatic imine (C=N–C) groups is 1. The van der Waals surface area contributed by atoms with Gasteiger partial charge in [0, 0.05) is 18.0 Å². The Morgan fingerprint density at radius 3 is 2.58 bits per heavy atom. The molecule has 38 heavy (non-hydrogen) atoms. The molecule has 0 fully saturated rings. The summed E-state index contributed by atoms with van der Waals surface area (Å²) in [5.41, 5.74) is 2.96. The number of hydrazone groups is 1. The minimum Gasteiger partial charge on any atom is -0.493 e. The number of fused-ring (bicyclic) bond motifs is 1. The minimum absolute atomic E-state index is 0.0718.